The molecule has 0 saturated heterocycles. The Labute approximate surface area is 193 Å². The molecular formula is C21H20ClFN8O2. The van der Waals surface area contributed by atoms with Gasteiger partial charge < -0.3 is 15.4 Å². The fourth-order valence-electron chi connectivity index (χ4n) is 2.78. The lowest BCUT2D eigenvalue weighted by Crippen LogP contribution is -2.22. The predicted octanol–water partition coefficient (Wildman–Crippen LogP) is 5.05. The molecule has 0 radical (unpaired) electrons. The van der Waals surface area contributed by atoms with Crippen LogP contribution in [0.15, 0.2) is 49.2 Å². The number of urea groups is 1. The first-order valence-electron chi connectivity index (χ1n) is 9.81. The van der Waals surface area contributed by atoms with Gasteiger partial charge in [-0.25, -0.2) is 14.2 Å². The lowest BCUT2D eigenvalue weighted by atomic mass is 10.1. The number of nitrogens with one attached hydrogen (secondary N) is 3. The van der Waals surface area contributed by atoms with Crippen LogP contribution in [-0.2, 0) is 5.54 Å². The van der Waals surface area contributed by atoms with Crippen molar-refractivity contribution in [3.63, 3.8) is 0 Å². The minimum atomic E-state index is -0.735. The van der Waals surface area contributed by atoms with Crippen LogP contribution in [0.4, 0.5) is 20.6 Å². The number of anilines is 2. The van der Waals surface area contributed by atoms with Crippen molar-refractivity contribution < 1.29 is 13.9 Å². The van der Waals surface area contributed by atoms with Crippen LogP contribution in [0.1, 0.15) is 20.8 Å². The van der Waals surface area contributed by atoms with Crippen molar-refractivity contribution in [2.24, 2.45) is 0 Å². The van der Waals surface area contributed by atoms with Gasteiger partial charge in [0.25, 0.3) is 0 Å². The van der Waals surface area contributed by atoms with Gasteiger partial charge in [0.05, 0.1) is 40.0 Å². The number of amides is 2. The maximum Gasteiger partial charge on any atom is 0.323 e. The molecule has 3 N–H and O–H groups in total. The van der Waals surface area contributed by atoms with E-state index in [9.17, 15) is 9.18 Å². The Bertz CT molecular complexity index is 1280. The van der Waals surface area contributed by atoms with Gasteiger partial charge in [-0.15, -0.1) is 0 Å². The summed E-state index contributed by atoms with van der Waals surface area (Å²) in [6, 6.07) is 3.30. The summed E-state index contributed by atoms with van der Waals surface area (Å²) >= 11 is 6.13. The zero-order chi connectivity index (χ0) is 23.6. The third-order valence-corrected chi connectivity index (χ3v) is 4.72. The van der Waals surface area contributed by atoms with Gasteiger partial charge in [-0.1, -0.05) is 11.6 Å². The number of rotatable bonds is 5. The quantitative estimate of drug-likeness (QED) is 0.375. The summed E-state index contributed by atoms with van der Waals surface area (Å²) in [6.45, 7) is 5.93. The summed E-state index contributed by atoms with van der Waals surface area (Å²) in [4.78, 5) is 20.7. The van der Waals surface area contributed by atoms with E-state index in [1.807, 2.05) is 20.8 Å². The molecule has 33 heavy (non-hydrogen) atoms. The molecule has 4 rings (SSSR count). The van der Waals surface area contributed by atoms with Crippen molar-refractivity contribution in [2.45, 2.75) is 26.3 Å². The molecule has 0 aliphatic rings. The first-order chi connectivity index (χ1) is 15.7. The number of ether oxygens (including phenoxy) is 1. The molecule has 0 fully saturated rings. The van der Waals surface area contributed by atoms with Gasteiger partial charge in [0, 0.05) is 30.2 Å². The number of benzene rings is 1. The number of hydrogen-bond acceptors (Lipinski definition) is 6. The summed E-state index contributed by atoms with van der Waals surface area (Å²) in [7, 11) is 0. The maximum atomic E-state index is 14.4. The van der Waals surface area contributed by atoms with Gasteiger partial charge in [-0.2, -0.15) is 15.2 Å². The molecule has 2 amide bonds. The van der Waals surface area contributed by atoms with E-state index in [1.54, 1.807) is 29.3 Å². The fourth-order valence-corrected chi connectivity index (χ4v) is 2.97. The Morgan fingerprint density at radius 2 is 2.06 bits per heavy atom. The average Bonchev–Trinajstić information content (AvgIpc) is 3.44. The average molecular weight is 471 g/mol. The fraction of sp³-hybridized carbons (Fsp3) is 0.190. The number of hydrogen-bond donors (Lipinski definition) is 3. The zero-order valence-electron chi connectivity index (χ0n) is 17.9. The van der Waals surface area contributed by atoms with Crippen LogP contribution in [0.3, 0.4) is 0 Å². The molecule has 0 aliphatic carbocycles. The summed E-state index contributed by atoms with van der Waals surface area (Å²) in [5.41, 5.74) is 1.38. The van der Waals surface area contributed by atoms with Crippen molar-refractivity contribution >= 4 is 29.0 Å². The Morgan fingerprint density at radius 1 is 1.24 bits per heavy atom. The number of nitrogens with zero attached hydrogens (tertiary/aromatic N) is 5. The Kier molecular flexibility index (Phi) is 5.97. The highest BCUT2D eigenvalue weighted by molar-refractivity contribution is 6.32. The van der Waals surface area contributed by atoms with E-state index in [0.29, 0.717) is 11.4 Å². The normalized spacial score (nSPS) is 11.3. The number of H-pyrrole nitrogens is 1. The molecule has 0 spiro atoms. The van der Waals surface area contributed by atoms with E-state index < -0.39 is 11.8 Å². The molecule has 3 aromatic heterocycles. The molecule has 0 aliphatic heterocycles. The van der Waals surface area contributed by atoms with Gasteiger partial charge in [0.1, 0.15) is 5.82 Å². The van der Waals surface area contributed by atoms with Gasteiger partial charge in [-0.05, 0) is 32.9 Å². The number of aromatic amines is 1. The highest BCUT2D eigenvalue weighted by Gasteiger charge is 2.17. The minimum Gasteiger partial charge on any atom is -0.423 e. The van der Waals surface area contributed by atoms with Crippen LogP contribution in [0.25, 0.3) is 11.3 Å². The second-order valence-electron chi connectivity index (χ2n) is 8.00. The topological polar surface area (TPSA) is 123 Å². The molecule has 0 bridgehead atoms. The lowest BCUT2D eigenvalue weighted by Gasteiger charge is -2.18. The summed E-state index contributed by atoms with van der Waals surface area (Å²) < 4.78 is 21.8. The van der Waals surface area contributed by atoms with Gasteiger partial charge in [-0.3, -0.25) is 9.78 Å². The van der Waals surface area contributed by atoms with E-state index in [2.05, 4.69) is 35.9 Å². The zero-order valence-corrected chi connectivity index (χ0v) is 18.7. The second kappa shape index (κ2) is 8.87. The van der Waals surface area contributed by atoms with Gasteiger partial charge in [0.15, 0.2) is 5.75 Å². The first-order valence-corrected chi connectivity index (χ1v) is 10.2. The van der Waals surface area contributed by atoms with Gasteiger partial charge >= 0.3 is 12.0 Å². The monoisotopic (exact) mass is 470 g/mol. The molecule has 10 nitrogen and oxygen atoms in total. The molecule has 3 heterocycles. The summed E-state index contributed by atoms with van der Waals surface area (Å²) in [5, 5.41) is 15.8. The van der Waals surface area contributed by atoms with Gasteiger partial charge in [0.2, 0.25) is 0 Å². The molecule has 0 atom stereocenters. The molecular weight excluding hydrogens is 451 g/mol. The largest absolute Gasteiger partial charge is 0.423 e. The van der Waals surface area contributed by atoms with Crippen LogP contribution < -0.4 is 15.4 Å². The third kappa shape index (κ3) is 5.26. The maximum absolute atomic E-state index is 14.4. The van der Waals surface area contributed by atoms with Crippen LogP contribution in [0.2, 0.25) is 5.02 Å². The third-order valence-electron chi connectivity index (χ3n) is 4.43. The SMILES string of the molecule is CC(C)(C)n1cc(NC(=O)Nc2cc(Oc3nccc(-c4cn[nH]c4)n3)c(Cl)cc2F)cn1. The van der Waals surface area contributed by atoms with E-state index in [-0.39, 0.29) is 28.0 Å². The molecule has 12 heteroatoms. The first kappa shape index (κ1) is 22.2. The van der Waals surface area contributed by atoms with Crippen molar-refractivity contribution in [3.05, 3.63) is 60.0 Å². The van der Waals surface area contributed by atoms with Crippen molar-refractivity contribution in [1.82, 2.24) is 29.9 Å². The van der Waals surface area contributed by atoms with Crippen molar-refractivity contribution in [2.75, 3.05) is 10.6 Å². The van der Waals surface area contributed by atoms with Crippen LogP contribution in [0.5, 0.6) is 11.8 Å². The number of carbonyl (C=O) groups excluding carboxylic acids is 1. The lowest BCUT2D eigenvalue weighted by molar-refractivity contribution is 0.262. The number of carbonyl (C=O) groups is 1. The predicted molar refractivity (Wildman–Crippen MR) is 121 cm³/mol. The smallest absolute Gasteiger partial charge is 0.323 e. The Morgan fingerprint density at radius 3 is 2.76 bits per heavy atom. The van der Waals surface area contributed by atoms with Crippen LogP contribution in [-0.4, -0.2) is 36.0 Å². The number of halogens is 2. The summed E-state index contributed by atoms with van der Waals surface area (Å²) in [5.74, 6) is -0.667. The Hall–Kier alpha value is -3.99. The highest BCUT2D eigenvalue weighted by atomic mass is 35.5. The van der Waals surface area contributed by atoms with Crippen molar-refractivity contribution in [3.8, 4) is 23.0 Å². The van der Waals surface area contributed by atoms with Crippen LogP contribution in [0, 0.1) is 5.82 Å². The minimum absolute atomic E-state index is 0.00722. The molecule has 1 aromatic carbocycles. The standard InChI is InChI=1S/C21H20ClFN8O2/c1-21(2,3)31-11-13(10-27-31)28-19(32)29-17-7-18(14(22)6-15(17)23)33-20-24-5-4-16(30-20)12-8-25-26-9-12/h4-11H,1-3H3,(H,25,26)(H2,28,29,32). The highest BCUT2D eigenvalue weighted by Crippen LogP contribution is 2.33. The molecule has 0 unspecified atom stereocenters. The summed E-state index contributed by atoms with van der Waals surface area (Å²) in [6.07, 6.45) is 7.96. The Balaban J connectivity index is 1.50. The van der Waals surface area contributed by atoms with E-state index in [1.165, 1.54) is 18.5 Å². The van der Waals surface area contributed by atoms with Crippen LogP contribution >= 0.6 is 11.6 Å². The molecule has 0 saturated carbocycles. The van der Waals surface area contributed by atoms with E-state index in [0.717, 1.165) is 11.6 Å². The second-order valence-corrected chi connectivity index (χ2v) is 8.41. The van der Waals surface area contributed by atoms with E-state index >= 15 is 0 Å². The van der Waals surface area contributed by atoms with Crippen molar-refractivity contribution in [1.29, 1.82) is 0 Å². The molecule has 170 valence electrons. The molecule has 4 aromatic rings. The number of aromatic nitrogens is 6. The van der Waals surface area contributed by atoms with E-state index in [4.69, 9.17) is 16.3 Å².